The van der Waals surface area contributed by atoms with Crippen LogP contribution in [0.5, 0.6) is 0 Å². The maximum atomic E-state index is 12.8. The number of carbonyl (C=O) groups excluding carboxylic acids is 1. The van der Waals surface area contributed by atoms with Crippen molar-refractivity contribution in [3.05, 3.63) is 106 Å². The van der Waals surface area contributed by atoms with E-state index in [1.807, 2.05) is 30.3 Å². The van der Waals surface area contributed by atoms with Gasteiger partial charge < -0.3 is 0 Å². The van der Waals surface area contributed by atoms with Crippen molar-refractivity contribution in [2.75, 3.05) is 5.75 Å². The fraction of sp³-hybridized carbons (Fsp3) is 0.160. The molecular weight excluding hydrogens is 400 g/mol. The molecule has 0 fully saturated rings. The van der Waals surface area contributed by atoms with Crippen molar-refractivity contribution < 1.29 is 9.00 Å². The number of aldehydes is 1. The molecule has 29 heavy (non-hydrogen) atoms. The second-order valence-electron chi connectivity index (χ2n) is 7.03. The zero-order valence-electron chi connectivity index (χ0n) is 16.5. The molecule has 0 N–H and O–H groups in total. The van der Waals surface area contributed by atoms with Crippen LogP contribution in [0.3, 0.4) is 0 Å². The van der Waals surface area contributed by atoms with E-state index in [1.54, 1.807) is 24.3 Å². The Kier molecular flexibility index (Phi) is 7.18. The van der Waals surface area contributed by atoms with Crippen LogP contribution in [0.4, 0.5) is 0 Å². The first-order valence-electron chi connectivity index (χ1n) is 9.41. The molecule has 3 aromatic rings. The summed E-state index contributed by atoms with van der Waals surface area (Å²) in [6.07, 6.45) is 3.56. The lowest BCUT2D eigenvalue weighted by atomic mass is 9.96. The molecule has 4 heteroatoms. The Morgan fingerprint density at radius 2 is 1.72 bits per heavy atom. The Morgan fingerprint density at radius 1 is 0.966 bits per heavy atom. The summed E-state index contributed by atoms with van der Waals surface area (Å²) in [4.78, 5) is 11.5. The summed E-state index contributed by atoms with van der Waals surface area (Å²) < 4.78 is 12.8. The third-order valence-electron chi connectivity index (χ3n) is 4.92. The van der Waals surface area contributed by atoms with E-state index in [0.717, 1.165) is 23.8 Å². The minimum absolute atomic E-state index is 0.396. The monoisotopic (exact) mass is 422 g/mol. The van der Waals surface area contributed by atoms with E-state index >= 15 is 0 Å². The molecule has 0 aliphatic carbocycles. The Morgan fingerprint density at radius 3 is 2.38 bits per heavy atom. The molecule has 2 nitrogen and oxygen atoms in total. The van der Waals surface area contributed by atoms with E-state index in [0.29, 0.717) is 21.2 Å². The van der Waals surface area contributed by atoms with E-state index in [2.05, 4.69) is 32.0 Å². The molecule has 3 aromatic carbocycles. The number of benzene rings is 3. The van der Waals surface area contributed by atoms with Gasteiger partial charge in [-0.2, -0.15) is 0 Å². The van der Waals surface area contributed by atoms with E-state index in [-0.39, 0.29) is 0 Å². The fourth-order valence-corrected chi connectivity index (χ4v) is 4.26. The van der Waals surface area contributed by atoms with Crippen LogP contribution >= 0.6 is 11.6 Å². The predicted molar refractivity (Wildman–Crippen MR) is 122 cm³/mol. The average Bonchev–Trinajstić information content (AvgIpc) is 2.73. The van der Waals surface area contributed by atoms with Crippen LogP contribution in [0, 0.1) is 13.8 Å². The van der Waals surface area contributed by atoms with Crippen LogP contribution in [-0.4, -0.2) is 16.2 Å². The van der Waals surface area contributed by atoms with Crippen molar-refractivity contribution in [3.63, 3.8) is 0 Å². The molecule has 0 heterocycles. The first-order valence-corrected chi connectivity index (χ1v) is 11.1. The Bertz CT molecular complexity index is 1070. The van der Waals surface area contributed by atoms with Gasteiger partial charge in [-0.25, -0.2) is 0 Å². The summed E-state index contributed by atoms with van der Waals surface area (Å²) in [5, 5.41) is 0.680. The highest BCUT2D eigenvalue weighted by atomic mass is 35.5. The molecule has 0 amide bonds. The van der Waals surface area contributed by atoms with Crippen LogP contribution < -0.4 is 0 Å². The van der Waals surface area contributed by atoms with E-state index in [9.17, 15) is 9.00 Å². The summed E-state index contributed by atoms with van der Waals surface area (Å²) in [6, 6.07) is 21.1. The molecule has 0 aliphatic rings. The highest BCUT2D eigenvalue weighted by Gasteiger charge is 2.08. The van der Waals surface area contributed by atoms with Gasteiger partial charge in [-0.3, -0.25) is 9.00 Å². The van der Waals surface area contributed by atoms with Crippen molar-refractivity contribution in [2.45, 2.75) is 25.2 Å². The van der Waals surface area contributed by atoms with Crippen LogP contribution in [0.15, 0.2) is 77.7 Å². The standard InChI is InChI=1S/C25H23ClO2S/c1-18-6-7-21(14-19(18)2)15-23(22-4-3-5-24(26)16-22)12-13-29(28)25-10-8-20(17-27)9-11-25/h3-12,14,16-17H,13,15H2,1-2H3/b23-12-. The summed E-state index contributed by atoms with van der Waals surface area (Å²) in [5.41, 5.74) is 6.43. The molecule has 1 atom stereocenters. The van der Waals surface area contributed by atoms with Crippen molar-refractivity contribution in [2.24, 2.45) is 0 Å². The van der Waals surface area contributed by atoms with Crippen LogP contribution in [0.1, 0.15) is 32.6 Å². The molecular formula is C25H23ClO2S. The lowest BCUT2D eigenvalue weighted by Crippen LogP contribution is -1.99. The number of carbonyl (C=O) groups is 1. The summed E-state index contributed by atoms with van der Waals surface area (Å²) in [7, 11) is -1.18. The number of rotatable bonds is 7. The third kappa shape index (κ3) is 5.75. The summed E-state index contributed by atoms with van der Waals surface area (Å²) in [5.74, 6) is 0.396. The minimum Gasteiger partial charge on any atom is -0.298 e. The molecule has 3 rings (SSSR count). The molecule has 148 valence electrons. The topological polar surface area (TPSA) is 34.1 Å². The summed E-state index contributed by atoms with van der Waals surface area (Å²) >= 11 is 6.21. The maximum Gasteiger partial charge on any atom is 0.150 e. The number of aryl methyl sites for hydroxylation is 2. The van der Waals surface area contributed by atoms with Gasteiger partial charge in [0.2, 0.25) is 0 Å². The molecule has 0 bridgehead atoms. The normalized spacial score (nSPS) is 12.6. The minimum atomic E-state index is -1.18. The van der Waals surface area contributed by atoms with Gasteiger partial charge >= 0.3 is 0 Å². The van der Waals surface area contributed by atoms with Gasteiger partial charge in [0.25, 0.3) is 0 Å². The average molecular weight is 423 g/mol. The molecule has 0 saturated heterocycles. The van der Waals surface area contributed by atoms with Gasteiger partial charge in [0, 0.05) is 21.2 Å². The Hall–Kier alpha value is -2.49. The van der Waals surface area contributed by atoms with Crippen LogP contribution in [0.25, 0.3) is 5.57 Å². The van der Waals surface area contributed by atoms with E-state index in [4.69, 9.17) is 11.6 Å². The van der Waals surface area contributed by atoms with Crippen molar-refractivity contribution in [3.8, 4) is 0 Å². The Balaban J connectivity index is 1.87. The molecule has 0 saturated carbocycles. The number of halogens is 1. The lowest BCUT2D eigenvalue weighted by Gasteiger charge is -2.11. The fourth-order valence-electron chi connectivity index (χ4n) is 3.08. The zero-order chi connectivity index (χ0) is 20.8. The van der Waals surface area contributed by atoms with E-state index < -0.39 is 10.8 Å². The predicted octanol–water partition coefficient (Wildman–Crippen LogP) is 6.20. The van der Waals surface area contributed by atoms with Gasteiger partial charge in [0.1, 0.15) is 6.29 Å². The van der Waals surface area contributed by atoms with Crippen molar-refractivity contribution in [1.29, 1.82) is 0 Å². The quantitative estimate of drug-likeness (QED) is 0.424. The number of hydrogen-bond donors (Lipinski definition) is 0. The molecule has 1 unspecified atom stereocenters. The Labute approximate surface area is 179 Å². The van der Waals surface area contributed by atoms with Gasteiger partial charge in [0.15, 0.2) is 0 Å². The molecule has 0 radical (unpaired) electrons. The van der Waals surface area contributed by atoms with Crippen LogP contribution in [-0.2, 0) is 17.2 Å². The molecule has 0 aromatic heterocycles. The van der Waals surface area contributed by atoms with Crippen molar-refractivity contribution >= 4 is 34.3 Å². The largest absolute Gasteiger partial charge is 0.298 e. The van der Waals surface area contributed by atoms with Gasteiger partial charge in [0.05, 0.1) is 10.8 Å². The highest BCUT2D eigenvalue weighted by Crippen LogP contribution is 2.24. The highest BCUT2D eigenvalue weighted by molar-refractivity contribution is 7.85. The SMILES string of the molecule is Cc1ccc(C/C(=C/CS(=O)c2ccc(C=O)cc2)c2cccc(Cl)c2)cc1C. The number of allylic oxidation sites excluding steroid dienone is 1. The van der Waals surface area contributed by atoms with Gasteiger partial charge in [-0.1, -0.05) is 60.1 Å². The molecule has 0 spiro atoms. The lowest BCUT2D eigenvalue weighted by molar-refractivity contribution is 0.112. The van der Waals surface area contributed by atoms with Crippen molar-refractivity contribution in [1.82, 2.24) is 0 Å². The maximum absolute atomic E-state index is 12.8. The van der Waals surface area contributed by atoms with Crippen LogP contribution in [0.2, 0.25) is 5.02 Å². The molecule has 0 aliphatic heterocycles. The van der Waals surface area contributed by atoms with E-state index in [1.165, 1.54) is 16.7 Å². The smallest absolute Gasteiger partial charge is 0.150 e. The second-order valence-corrected chi connectivity index (χ2v) is 8.97. The van der Waals surface area contributed by atoms with Gasteiger partial charge in [-0.15, -0.1) is 0 Å². The summed E-state index contributed by atoms with van der Waals surface area (Å²) in [6.45, 7) is 4.21. The second kappa shape index (κ2) is 9.82. The zero-order valence-corrected chi connectivity index (χ0v) is 18.1. The first kappa shape index (κ1) is 21.2. The first-order chi connectivity index (χ1) is 14.0. The number of hydrogen-bond acceptors (Lipinski definition) is 2. The van der Waals surface area contributed by atoms with Gasteiger partial charge in [-0.05, 0) is 72.4 Å². The third-order valence-corrected chi connectivity index (χ3v) is 6.42.